The van der Waals surface area contributed by atoms with Crippen LogP contribution in [-0.2, 0) is 6.42 Å². The monoisotopic (exact) mass is 178 g/mol. The Bertz CT molecular complexity index is 407. The van der Waals surface area contributed by atoms with Gasteiger partial charge in [-0.15, -0.1) is 0 Å². The molecule has 0 bridgehead atoms. The number of hydrazone groups is 1. The molecular formula is C8H10N4O. The van der Waals surface area contributed by atoms with E-state index in [1.807, 2.05) is 0 Å². The molecule has 0 aliphatic heterocycles. The van der Waals surface area contributed by atoms with Crippen LogP contribution < -0.4 is 11.4 Å². The molecule has 1 heterocycles. The highest BCUT2D eigenvalue weighted by Gasteiger charge is 2.16. The van der Waals surface area contributed by atoms with Crippen LogP contribution in [0.5, 0.6) is 0 Å². The number of fused-ring (bicyclic) bond motifs is 1. The van der Waals surface area contributed by atoms with Crippen LogP contribution in [0.1, 0.15) is 24.1 Å². The first kappa shape index (κ1) is 7.97. The molecule has 0 atom stereocenters. The molecule has 0 radical (unpaired) electrons. The van der Waals surface area contributed by atoms with Crippen LogP contribution in [0.4, 0.5) is 0 Å². The maximum Gasteiger partial charge on any atom is 0.264 e. The summed E-state index contributed by atoms with van der Waals surface area (Å²) in [6.07, 6.45) is 2.70. The van der Waals surface area contributed by atoms with E-state index in [4.69, 9.17) is 5.84 Å². The van der Waals surface area contributed by atoms with E-state index in [1.165, 1.54) is 6.07 Å². The Morgan fingerprint density at radius 2 is 2.38 bits per heavy atom. The highest BCUT2D eigenvalue weighted by Crippen LogP contribution is 2.16. The first-order valence-electron chi connectivity index (χ1n) is 4.17. The van der Waals surface area contributed by atoms with Gasteiger partial charge in [0.25, 0.3) is 5.56 Å². The molecule has 68 valence electrons. The van der Waals surface area contributed by atoms with Gasteiger partial charge in [0.1, 0.15) is 0 Å². The number of aromatic nitrogens is 2. The average molecular weight is 178 g/mol. The summed E-state index contributed by atoms with van der Waals surface area (Å²) in [5, 5.41) is 10.00. The largest absolute Gasteiger partial charge is 0.323 e. The second-order valence-electron chi connectivity index (χ2n) is 3.02. The van der Waals surface area contributed by atoms with Gasteiger partial charge in [0.2, 0.25) is 0 Å². The summed E-state index contributed by atoms with van der Waals surface area (Å²) in [7, 11) is 0. The number of nitrogens with two attached hydrogens (primary N) is 1. The fraction of sp³-hybridized carbons (Fsp3) is 0.375. The van der Waals surface area contributed by atoms with Crippen LogP contribution in [0.15, 0.2) is 16.0 Å². The third-order valence-electron chi connectivity index (χ3n) is 2.18. The van der Waals surface area contributed by atoms with Gasteiger partial charge in [-0.25, -0.2) is 5.10 Å². The molecule has 5 nitrogen and oxygen atoms in total. The van der Waals surface area contributed by atoms with E-state index in [9.17, 15) is 4.79 Å². The van der Waals surface area contributed by atoms with Crippen LogP contribution in [0, 0.1) is 0 Å². The van der Waals surface area contributed by atoms with E-state index in [0.717, 1.165) is 36.2 Å². The third-order valence-corrected chi connectivity index (χ3v) is 2.18. The number of aryl methyl sites for hydroxylation is 1. The summed E-state index contributed by atoms with van der Waals surface area (Å²) in [6, 6.07) is 1.51. The minimum absolute atomic E-state index is 0.207. The molecule has 1 aliphatic rings. The zero-order valence-electron chi connectivity index (χ0n) is 7.08. The molecule has 0 unspecified atom stereocenters. The van der Waals surface area contributed by atoms with Crippen LogP contribution >= 0.6 is 0 Å². The lowest BCUT2D eigenvalue weighted by Gasteiger charge is -2.14. The maximum absolute atomic E-state index is 11.0. The van der Waals surface area contributed by atoms with Crippen molar-refractivity contribution in [1.82, 2.24) is 10.2 Å². The maximum atomic E-state index is 11.0. The van der Waals surface area contributed by atoms with Crippen molar-refractivity contribution in [2.75, 3.05) is 0 Å². The molecule has 0 fully saturated rings. The molecular weight excluding hydrogens is 168 g/mol. The van der Waals surface area contributed by atoms with Gasteiger partial charge in [-0.2, -0.15) is 10.2 Å². The van der Waals surface area contributed by atoms with Crippen LogP contribution in [0.25, 0.3) is 0 Å². The van der Waals surface area contributed by atoms with Crippen molar-refractivity contribution in [1.29, 1.82) is 0 Å². The standard InChI is InChI=1S/C8H10N4O/c9-10-6-2-1-3-7-5(6)4-8(13)12-11-7/h4H,1-3,9H2,(H,12,13). The number of nitrogens with one attached hydrogen (secondary N) is 1. The van der Waals surface area contributed by atoms with E-state index in [0.29, 0.717) is 0 Å². The van der Waals surface area contributed by atoms with Gasteiger partial charge in [-0.1, -0.05) is 0 Å². The fourth-order valence-electron chi connectivity index (χ4n) is 1.56. The molecule has 0 spiro atoms. The molecule has 2 rings (SSSR count). The quantitative estimate of drug-likeness (QED) is 0.425. The van der Waals surface area contributed by atoms with Gasteiger partial charge in [-0.3, -0.25) is 4.79 Å². The van der Waals surface area contributed by atoms with Crippen molar-refractivity contribution in [2.24, 2.45) is 10.9 Å². The zero-order chi connectivity index (χ0) is 9.26. The first-order valence-corrected chi connectivity index (χ1v) is 4.17. The molecule has 0 amide bonds. The minimum atomic E-state index is -0.207. The molecule has 13 heavy (non-hydrogen) atoms. The summed E-state index contributed by atoms with van der Waals surface area (Å²) in [6.45, 7) is 0. The van der Waals surface area contributed by atoms with Crippen molar-refractivity contribution in [3.8, 4) is 0 Å². The number of aromatic amines is 1. The zero-order valence-corrected chi connectivity index (χ0v) is 7.08. The molecule has 3 N–H and O–H groups in total. The second-order valence-corrected chi connectivity index (χ2v) is 3.02. The summed E-state index contributed by atoms with van der Waals surface area (Å²) in [5.41, 5.74) is 2.26. The Hall–Kier alpha value is -1.65. The topological polar surface area (TPSA) is 84.1 Å². The number of rotatable bonds is 0. The van der Waals surface area contributed by atoms with E-state index < -0.39 is 0 Å². The molecule has 1 aromatic heterocycles. The Balaban J connectivity index is 2.60. The Morgan fingerprint density at radius 1 is 1.54 bits per heavy atom. The normalized spacial score (nSPS) is 18.6. The van der Waals surface area contributed by atoms with Gasteiger partial charge < -0.3 is 5.84 Å². The smallest absolute Gasteiger partial charge is 0.264 e. The van der Waals surface area contributed by atoms with E-state index in [2.05, 4.69) is 15.3 Å². The van der Waals surface area contributed by atoms with Crippen LogP contribution in [0.3, 0.4) is 0 Å². The lowest BCUT2D eigenvalue weighted by atomic mass is 9.95. The molecule has 1 aromatic rings. The summed E-state index contributed by atoms with van der Waals surface area (Å²) < 4.78 is 0. The predicted octanol–water partition coefficient (Wildman–Crippen LogP) is -0.231. The number of hydrogen-bond donors (Lipinski definition) is 2. The molecule has 5 heteroatoms. The van der Waals surface area contributed by atoms with Crippen molar-refractivity contribution in [2.45, 2.75) is 19.3 Å². The van der Waals surface area contributed by atoms with Crippen molar-refractivity contribution >= 4 is 5.71 Å². The second kappa shape index (κ2) is 3.01. The van der Waals surface area contributed by atoms with E-state index in [-0.39, 0.29) is 5.56 Å². The van der Waals surface area contributed by atoms with E-state index >= 15 is 0 Å². The number of hydrogen-bond acceptors (Lipinski definition) is 4. The van der Waals surface area contributed by atoms with Crippen molar-refractivity contribution in [3.63, 3.8) is 0 Å². The molecule has 1 aliphatic carbocycles. The summed E-state index contributed by atoms with van der Waals surface area (Å²) in [4.78, 5) is 11.0. The van der Waals surface area contributed by atoms with Crippen molar-refractivity contribution in [3.05, 3.63) is 27.7 Å². The first-order chi connectivity index (χ1) is 6.31. The SMILES string of the molecule is NN=C1CCCc2n[nH]c(=O)cc21. The van der Waals surface area contributed by atoms with Gasteiger partial charge in [0, 0.05) is 11.6 Å². The fourth-order valence-corrected chi connectivity index (χ4v) is 1.56. The highest BCUT2D eigenvalue weighted by atomic mass is 16.1. The van der Waals surface area contributed by atoms with Crippen LogP contribution in [0.2, 0.25) is 0 Å². The number of H-pyrrole nitrogens is 1. The Kier molecular flexibility index (Phi) is 1.84. The van der Waals surface area contributed by atoms with Gasteiger partial charge >= 0.3 is 0 Å². The van der Waals surface area contributed by atoms with Crippen molar-refractivity contribution < 1.29 is 0 Å². The lowest BCUT2D eigenvalue weighted by Crippen LogP contribution is -2.20. The highest BCUT2D eigenvalue weighted by molar-refractivity contribution is 6.01. The van der Waals surface area contributed by atoms with Gasteiger partial charge in [0.15, 0.2) is 0 Å². The molecule has 0 aromatic carbocycles. The number of nitrogens with zero attached hydrogens (tertiary/aromatic N) is 2. The molecule has 0 saturated carbocycles. The average Bonchev–Trinajstić information content (AvgIpc) is 2.17. The summed E-state index contributed by atoms with van der Waals surface area (Å²) >= 11 is 0. The minimum Gasteiger partial charge on any atom is -0.323 e. The lowest BCUT2D eigenvalue weighted by molar-refractivity contribution is 0.770. The Labute approximate surface area is 74.7 Å². The van der Waals surface area contributed by atoms with Gasteiger partial charge in [0.05, 0.1) is 11.4 Å². The van der Waals surface area contributed by atoms with Crippen LogP contribution in [-0.4, -0.2) is 15.9 Å². The van der Waals surface area contributed by atoms with E-state index in [1.54, 1.807) is 0 Å². The van der Waals surface area contributed by atoms with Gasteiger partial charge in [-0.05, 0) is 19.3 Å². The third kappa shape index (κ3) is 1.32. The molecule has 0 saturated heterocycles. The predicted molar refractivity (Wildman–Crippen MR) is 48.5 cm³/mol. The Morgan fingerprint density at radius 3 is 3.15 bits per heavy atom. The summed E-state index contributed by atoms with van der Waals surface area (Å²) in [5.74, 6) is 5.22.